The van der Waals surface area contributed by atoms with E-state index >= 15 is 0 Å². The molecule has 6 nitrogen and oxygen atoms in total. The quantitative estimate of drug-likeness (QED) is 0.544. The van der Waals surface area contributed by atoms with Crippen LogP contribution in [0.25, 0.3) is 0 Å². The van der Waals surface area contributed by atoms with Crippen molar-refractivity contribution >= 4 is 23.0 Å². The van der Waals surface area contributed by atoms with E-state index < -0.39 is 11.1 Å². The van der Waals surface area contributed by atoms with Crippen LogP contribution in [0.15, 0.2) is 72.8 Å². The molecule has 0 saturated heterocycles. The van der Waals surface area contributed by atoms with Gasteiger partial charge < -0.3 is 5.32 Å². The fraction of sp³-hybridized carbons (Fsp3) is 0.0952. The van der Waals surface area contributed by atoms with Gasteiger partial charge in [0.15, 0.2) is 0 Å². The summed E-state index contributed by atoms with van der Waals surface area (Å²) in [7, 11) is 0. The Kier molecular flexibility index (Phi) is 4.08. The number of nitrogens with one attached hydrogen (secondary N) is 1. The summed E-state index contributed by atoms with van der Waals surface area (Å²) in [5.41, 5.74) is 3.68. The molecule has 27 heavy (non-hydrogen) atoms. The van der Waals surface area contributed by atoms with E-state index in [1.165, 1.54) is 12.1 Å². The molecule has 0 unspecified atom stereocenters. The zero-order valence-corrected chi connectivity index (χ0v) is 14.6. The summed E-state index contributed by atoms with van der Waals surface area (Å²) in [4.78, 5) is 25.7. The molecule has 3 aromatic carbocycles. The minimum Gasteiger partial charge on any atom is -0.360 e. The molecule has 3 aromatic rings. The van der Waals surface area contributed by atoms with E-state index in [2.05, 4.69) is 5.32 Å². The number of hydrogen-bond acceptors (Lipinski definition) is 4. The number of carbonyl (C=O) groups excluding carboxylic acids is 1. The van der Waals surface area contributed by atoms with Crippen molar-refractivity contribution in [2.24, 2.45) is 0 Å². The van der Waals surface area contributed by atoms with E-state index in [1.807, 2.05) is 49.4 Å². The van der Waals surface area contributed by atoms with Gasteiger partial charge in [0.1, 0.15) is 6.17 Å². The molecule has 1 heterocycles. The lowest BCUT2D eigenvalue weighted by Crippen LogP contribution is -2.43. The molecule has 0 aromatic heterocycles. The van der Waals surface area contributed by atoms with Crippen LogP contribution in [0.3, 0.4) is 0 Å². The predicted molar refractivity (Wildman–Crippen MR) is 104 cm³/mol. The zero-order valence-electron chi connectivity index (χ0n) is 14.6. The van der Waals surface area contributed by atoms with E-state index in [0.29, 0.717) is 16.8 Å². The highest BCUT2D eigenvalue weighted by Gasteiger charge is 2.34. The molecule has 0 fully saturated rings. The Morgan fingerprint density at radius 1 is 1.00 bits per heavy atom. The molecule has 0 aliphatic carbocycles. The number of aryl methyl sites for hydroxylation is 1. The number of carbonyl (C=O) groups is 1. The van der Waals surface area contributed by atoms with E-state index in [1.54, 1.807) is 23.1 Å². The van der Waals surface area contributed by atoms with Crippen molar-refractivity contribution in [3.8, 4) is 0 Å². The lowest BCUT2D eigenvalue weighted by atomic mass is 10.0. The number of fused-ring (bicyclic) bond motifs is 1. The summed E-state index contributed by atoms with van der Waals surface area (Å²) in [6.45, 7) is 1.96. The Morgan fingerprint density at radius 3 is 2.56 bits per heavy atom. The predicted octanol–water partition coefficient (Wildman–Crippen LogP) is 4.67. The van der Waals surface area contributed by atoms with Crippen LogP contribution in [-0.4, -0.2) is 10.8 Å². The largest absolute Gasteiger partial charge is 0.360 e. The van der Waals surface area contributed by atoms with Crippen LogP contribution in [0.2, 0.25) is 0 Å². The first kappa shape index (κ1) is 16.8. The van der Waals surface area contributed by atoms with Crippen LogP contribution in [0.4, 0.5) is 17.1 Å². The Bertz CT molecular complexity index is 1050. The van der Waals surface area contributed by atoms with Crippen LogP contribution >= 0.6 is 0 Å². The average Bonchev–Trinajstić information content (AvgIpc) is 2.68. The molecule has 1 aliphatic rings. The van der Waals surface area contributed by atoms with Gasteiger partial charge in [0.05, 0.1) is 10.5 Å². The molecule has 4 rings (SSSR count). The van der Waals surface area contributed by atoms with Crippen LogP contribution in [0.1, 0.15) is 27.7 Å². The van der Waals surface area contributed by atoms with Crippen molar-refractivity contribution in [2.75, 3.05) is 10.2 Å². The highest BCUT2D eigenvalue weighted by molar-refractivity contribution is 6.12. The van der Waals surface area contributed by atoms with Gasteiger partial charge >= 0.3 is 0 Å². The number of nitro benzene ring substituents is 1. The van der Waals surface area contributed by atoms with Crippen molar-refractivity contribution in [3.05, 3.63) is 99.6 Å². The van der Waals surface area contributed by atoms with Gasteiger partial charge in [0, 0.05) is 29.1 Å². The lowest BCUT2D eigenvalue weighted by molar-refractivity contribution is -0.384. The maximum atomic E-state index is 13.3. The SMILES string of the molecule is Cc1cccc(N2C(=O)c3ccccc3N[C@H]2c2cccc([N+](=O)[O-])c2)c1. The smallest absolute Gasteiger partial charge is 0.269 e. The summed E-state index contributed by atoms with van der Waals surface area (Å²) in [5.74, 6) is -0.147. The number of benzene rings is 3. The first-order chi connectivity index (χ1) is 13.0. The van der Waals surface area contributed by atoms with Crippen LogP contribution in [0.5, 0.6) is 0 Å². The number of amides is 1. The molecule has 134 valence electrons. The highest BCUT2D eigenvalue weighted by atomic mass is 16.6. The summed E-state index contributed by atoms with van der Waals surface area (Å²) in [5, 5.41) is 14.6. The maximum absolute atomic E-state index is 13.3. The molecule has 0 radical (unpaired) electrons. The minimum atomic E-state index is -0.547. The molecular weight excluding hydrogens is 342 g/mol. The average molecular weight is 359 g/mol. The van der Waals surface area contributed by atoms with Gasteiger partial charge in [0.25, 0.3) is 11.6 Å². The van der Waals surface area contributed by atoms with Crippen molar-refractivity contribution in [1.82, 2.24) is 0 Å². The van der Waals surface area contributed by atoms with Crippen molar-refractivity contribution < 1.29 is 9.72 Å². The van der Waals surface area contributed by atoms with Crippen LogP contribution in [0, 0.1) is 17.0 Å². The second kappa shape index (κ2) is 6.57. The van der Waals surface area contributed by atoms with Gasteiger partial charge in [-0.15, -0.1) is 0 Å². The zero-order chi connectivity index (χ0) is 19.0. The third-order valence-corrected chi connectivity index (χ3v) is 4.60. The molecule has 0 saturated carbocycles. The molecule has 1 aliphatic heterocycles. The number of non-ortho nitro benzene ring substituents is 1. The number of para-hydroxylation sites is 1. The number of nitro groups is 1. The van der Waals surface area contributed by atoms with Gasteiger partial charge in [0.2, 0.25) is 0 Å². The number of rotatable bonds is 3. The summed E-state index contributed by atoms with van der Waals surface area (Å²) in [6, 6.07) is 21.3. The van der Waals surface area contributed by atoms with Crippen LogP contribution < -0.4 is 10.2 Å². The van der Waals surface area contributed by atoms with E-state index in [0.717, 1.165) is 11.3 Å². The van der Waals surface area contributed by atoms with Crippen molar-refractivity contribution in [2.45, 2.75) is 13.1 Å². The van der Waals surface area contributed by atoms with Crippen molar-refractivity contribution in [3.63, 3.8) is 0 Å². The van der Waals surface area contributed by atoms with Gasteiger partial charge in [-0.05, 0) is 36.8 Å². The molecule has 1 N–H and O–H groups in total. The topological polar surface area (TPSA) is 75.5 Å². The van der Waals surface area contributed by atoms with Gasteiger partial charge in [-0.25, -0.2) is 0 Å². The fourth-order valence-corrected chi connectivity index (χ4v) is 3.34. The second-order valence-corrected chi connectivity index (χ2v) is 6.46. The fourth-order valence-electron chi connectivity index (χ4n) is 3.34. The summed E-state index contributed by atoms with van der Waals surface area (Å²) in [6.07, 6.45) is -0.547. The monoisotopic (exact) mass is 359 g/mol. The third kappa shape index (κ3) is 3.01. The molecule has 1 atom stereocenters. The number of nitrogens with zero attached hydrogens (tertiary/aromatic N) is 2. The Morgan fingerprint density at radius 2 is 1.78 bits per heavy atom. The molecule has 0 bridgehead atoms. The highest BCUT2D eigenvalue weighted by Crippen LogP contribution is 2.37. The lowest BCUT2D eigenvalue weighted by Gasteiger charge is -2.38. The second-order valence-electron chi connectivity index (χ2n) is 6.46. The molecule has 6 heteroatoms. The molecule has 0 spiro atoms. The van der Waals surface area contributed by atoms with Gasteiger partial charge in [-0.3, -0.25) is 19.8 Å². The number of anilines is 2. The maximum Gasteiger partial charge on any atom is 0.269 e. The standard InChI is InChI=1S/C21H17N3O3/c1-14-6-4-8-16(12-14)23-20(15-7-5-9-17(13-15)24(26)27)22-19-11-3-2-10-18(19)21(23)25/h2-13,20,22H,1H3/t20-/m1/s1. The van der Waals surface area contributed by atoms with Crippen molar-refractivity contribution in [1.29, 1.82) is 0 Å². The number of hydrogen-bond donors (Lipinski definition) is 1. The Hall–Kier alpha value is -3.67. The minimum absolute atomic E-state index is 0.00944. The van der Waals surface area contributed by atoms with E-state index in [9.17, 15) is 14.9 Å². The third-order valence-electron chi connectivity index (χ3n) is 4.60. The first-order valence-electron chi connectivity index (χ1n) is 8.55. The van der Waals surface area contributed by atoms with E-state index in [4.69, 9.17) is 0 Å². The Balaban J connectivity index is 1.88. The normalized spacial score (nSPS) is 15.8. The van der Waals surface area contributed by atoms with Crippen LogP contribution in [-0.2, 0) is 0 Å². The Labute approximate surface area is 156 Å². The van der Waals surface area contributed by atoms with Gasteiger partial charge in [-0.1, -0.05) is 36.4 Å². The first-order valence-corrected chi connectivity index (χ1v) is 8.55. The van der Waals surface area contributed by atoms with E-state index in [-0.39, 0.29) is 11.6 Å². The molecule has 1 amide bonds. The molecular formula is C21H17N3O3. The summed E-state index contributed by atoms with van der Waals surface area (Å²) < 4.78 is 0. The van der Waals surface area contributed by atoms with Gasteiger partial charge in [-0.2, -0.15) is 0 Å². The summed E-state index contributed by atoms with van der Waals surface area (Å²) >= 11 is 0.